The van der Waals surface area contributed by atoms with Crippen LogP contribution in [0.4, 0.5) is 13.2 Å². The van der Waals surface area contributed by atoms with Crippen LogP contribution in [0.25, 0.3) is 0 Å². The minimum Gasteiger partial charge on any atom is -0.456 e. The molecule has 0 unspecified atom stereocenters. The van der Waals surface area contributed by atoms with Crippen molar-refractivity contribution in [2.45, 2.75) is 19.2 Å². The third kappa shape index (κ3) is 5.33. The number of hydrogen-bond acceptors (Lipinski definition) is 4. The molecule has 102 valence electrons. The van der Waals surface area contributed by atoms with E-state index in [0.29, 0.717) is 5.76 Å². The molecular formula is C11H13F3O4. The average Bonchev–Trinajstić information content (AvgIpc) is 2.72. The van der Waals surface area contributed by atoms with Gasteiger partial charge in [0.05, 0.1) is 6.61 Å². The van der Waals surface area contributed by atoms with Gasteiger partial charge < -0.3 is 13.9 Å². The van der Waals surface area contributed by atoms with Crippen molar-refractivity contribution in [3.63, 3.8) is 0 Å². The van der Waals surface area contributed by atoms with Crippen LogP contribution in [0.5, 0.6) is 0 Å². The molecule has 0 aliphatic carbocycles. The van der Waals surface area contributed by atoms with Gasteiger partial charge in [-0.3, -0.25) is 4.79 Å². The van der Waals surface area contributed by atoms with E-state index in [1.807, 2.05) is 0 Å². The molecule has 1 heterocycles. The quantitative estimate of drug-likeness (QED) is 0.562. The maximum absolute atomic E-state index is 11.7. The average molecular weight is 266 g/mol. The predicted molar refractivity (Wildman–Crippen MR) is 55.2 cm³/mol. The van der Waals surface area contributed by atoms with Gasteiger partial charge in [-0.25, -0.2) is 0 Å². The van der Waals surface area contributed by atoms with E-state index in [1.54, 1.807) is 6.07 Å². The summed E-state index contributed by atoms with van der Waals surface area (Å²) in [7, 11) is 1.48. The van der Waals surface area contributed by atoms with Crippen LogP contribution in [0.1, 0.15) is 22.7 Å². The Hall–Kier alpha value is -1.34. The lowest BCUT2D eigenvalue weighted by molar-refractivity contribution is -0.173. The van der Waals surface area contributed by atoms with Crippen LogP contribution in [-0.2, 0) is 16.1 Å². The molecule has 1 aromatic heterocycles. The standard InChI is InChI=1S/C11H13F3O4/c1-16-6-8-2-3-10(18-8)9(15)4-5-17-7-11(12,13)14/h2-3H,4-7H2,1H3. The number of furan rings is 1. The second-order valence-corrected chi connectivity index (χ2v) is 3.54. The lowest BCUT2D eigenvalue weighted by Gasteiger charge is -2.06. The molecular weight excluding hydrogens is 253 g/mol. The molecule has 0 bridgehead atoms. The number of ketones is 1. The van der Waals surface area contributed by atoms with Crippen molar-refractivity contribution in [3.05, 3.63) is 23.7 Å². The highest BCUT2D eigenvalue weighted by Crippen LogP contribution is 2.15. The van der Waals surface area contributed by atoms with E-state index in [1.165, 1.54) is 13.2 Å². The fourth-order valence-electron chi connectivity index (χ4n) is 1.22. The van der Waals surface area contributed by atoms with E-state index in [2.05, 4.69) is 4.74 Å². The third-order valence-electron chi connectivity index (χ3n) is 1.96. The van der Waals surface area contributed by atoms with E-state index in [9.17, 15) is 18.0 Å². The van der Waals surface area contributed by atoms with Crippen molar-refractivity contribution in [1.29, 1.82) is 0 Å². The summed E-state index contributed by atoms with van der Waals surface area (Å²) in [6.45, 7) is -1.41. The maximum Gasteiger partial charge on any atom is 0.411 e. The number of carbonyl (C=O) groups excluding carboxylic acids is 1. The first-order valence-electron chi connectivity index (χ1n) is 5.17. The van der Waals surface area contributed by atoms with Crippen molar-refractivity contribution in [2.24, 2.45) is 0 Å². The molecule has 1 aromatic rings. The van der Waals surface area contributed by atoms with Crippen molar-refractivity contribution in [3.8, 4) is 0 Å². The van der Waals surface area contributed by atoms with Crippen molar-refractivity contribution in [2.75, 3.05) is 20.3 Å². The number of methoxy groups -OCH3 is 1. The van der Waals surface area contributed by atoms with Crippen molar-refractivity contribution in [1.82, 2.24) is 0 Å². The van der Waals surface area contributed by atoms with E-state index < -0.39 is 18.6 Å². The molecule has 0 radical (unpaired) electrons. The van der Waals surface area contributed by atoms with Gasteiger partial charge in [-0.05, 0) is 12.1 Å². The first kappa shape index (κ1) is 14.7. The normalized spacial score (nSPS) is 11.8. The Kier molecular flexibility index (Phi) is 5.36. The van der Waals surface area contributed by atoms with Gasteiger partial charge in [0.15, 0.2) is 11.5 Å². The molecule has 0 aliphatic rings. The second kappa shape index (κ2) is 6.55. The van der Waals surface area contributed by atoms with Crippen molar-refractivity contribution < 1.29 is 31.9 Å². The molecule has 0 atom stereocenters. The predicted octanol–water partition coefficient (Wildman–Crippen LogP) is 2.58. The summed E-state index contributed by atoms with van der Waals surface area (Å²) in [6.07, 6.45) is -4.53. The van der Waals surface area contributed by atoms with Gasteiger partial charge in [0.2, 0.25) is 0 Å². The van der Waals surface area contributed by atoms with Crippen LogP contribution in [0, 0.1) is 0 Å². The summed E-state index contributed by atoms with van der Waals surface area (Å²) in [6, 6.07) is 3.04. The zero-order valence-corrected chi connectivity index (χ0v) is 9.75. The summed E-state index contributed by atoms with van der Waals surface area (Å²) < 4.78 is 49.5. The van der Waals surface area contributed by atoms with Gasteiger partial charge in [-0.2, -0.15) is 13.2 Å². The highest BCUT2D eigenvalue weighted by Gasteiger charge is 2.27. The van der Waals surface area contributed by atoms with Crippen LogP contribution < -0.4 is 0 Å². The van der Waals surface area contributed by atoms with E-state index in [0.717, 1.165) is 0 Å². The first-order chi connectivity index (χ1) is 8.42. The summed E-state index contributed by atoms with van der Waals surface area (Å²) >= 11 is 0. The Morgan fingerprint density at radius 3 is 2.72 bits per heavy atom. The SMILES string of the molecule is COCc1ccc(C(=O)CCOCC(F)(F)F)o1. The number of ether oxygens (including phenoxy) is 2. The Morgan fingerprint density at radius 1 is 1.39 bits per heavy atom. The zero-order chi connectivity index (χ0) is 13.6. The summed E-state index contributed by atoms with van der Waals surface area (Å²) in [4.78, 5) is 11.5. The highest BCUT2D eigenvalue weighted by atomic mass is 19.4. The lowest BCUT2D eigenvalue weighted by Crippen LogP contribution is -2.18. The zero-order valence-electron chi connectivity index (χ0n) is 9.75. The van der Waals surface area contributed by atoms with E-state index in [-0.39, 0.29) is 25.4 Å². The Morgan fingerprint density at radius 2 is 2.11 bits per heavy atom. The maximum atomic E-state index is 11.7. The fraction of sp³-hybridized carbons (Fsp3) is 0.545. The highest BCUT2D eigenvalue weighted by molar-refractivity contribution is 5.93. The molecule has 4 nitrogen and oxygen atoms in total. The number of Topliss-reactive ketones (excluding diaryl/α,β-unsaturated/α-hetero) is 1. The molecule has 0 fully saturated rings. The van der Waals surface area contributed by atoms with Gasteiger partial charge in [0, 0.05) is 13.5 Å². The van der Waals surface area contributed by atoms with Crippen LogP contribution in [0.2, 0.25) is 0 Å². The van der Waals surface area contributed by atoms with Crippen LogP contribution in [0.15, 0.2) is 16.5 Å². The van der Waals surface area contributed by atoms with Crippen LogP contribution in [-0.4, -0.2) is 32.3 Å². The first-order valence-corrected chi connectivity index (χ1v) is 5.17. The molecule has 7 heteroatoms. The van der Waals surface area contributed by atoms with Crippen molar-refractivity contribution >= 4 is 5.78 Å². The number of halogens is 3. The Balaban J connectivity index is 2.31. The monoisotopic (exact) mass is 266 g/mol. The lowest BCUT2D eigenvalue weighted by atomic mass is 10.2. The fourth-order valence-corrected chi connectivity index (χ4v) is 1.22. The van der Waals surface area contributed by atoms with Crippen LogP contribution >= 0.6 is 0 Å². The van der Waals surface area contributed by atoms with Gasteiger partial charge in [-0.1, -0.05) is 0 Å². The molecule has 0 saturated heterocycles. The van der Waals surface area contributed by atoms with E-state index >= 15 is 0 Å². The van der Waals surface area contributed by atoms with E-state index in [4.69, 9.17) is 9.15 Å². The number of alkyl halides is 3. The number of rotatable bonds is 7. The molecule has 0 aromatic carbocycles. The molecule has 0 amide bonds. The Bertz CT molecular complexity index is 384. The molecule has 18 heavy (non-hydrogen) atoms. The van der Waals surface area contributed by atoms with Crippen LogP contribution in [0.3, 0.4) is 0 Å². The topological polar surface area (TPSA) is 48.7 Å². The molecule has 0 saturated carbocycles. The molecule has 0 N–H and O–H groups in total. The minimum absolute atomic E-state index is 0.0951. The number of hydrogen-bond donors (Lipinski definition) is 0. The smallest absolute Gasteiger partial charge is 0.411 e. The molecule has 1 rings (SSSR count). The third-order valence-corrected chi connectivity index (χ3v) is 1.96. The second-order valence-electron chi connectivity index (χ2n) is 3.54. The van der Waals surface area contributed by atoms with Gasteiger partial charge in [0.1, 0.15) is 19.0 Å². The van der Waals surface area contributed by atoms with Gasteiger partial charge >= 0.3 is 6.18 Å². The van der Waals surface area contributed by atoms with Gasteiger partial charge in [-0.15, -0.1) is 0 Å². The minimum atomic E-state index is -4.38. The largest absolute Gasteiger partial charge is 0.456 e. The molecule has 0 aliphatic heterocycles. The number of carbonyl (C=O) groups is 1. The molecule has 0 spiro atoms. The Labute approximate surface area is 102 Å². The summed E-state index contributed by atoms with van der Waals surface area (Å²) in [5.74, 6) is 0.175. The summed E-state index contributed by atoms with van der Waals surface area (Å²) in [5.41, 5.74) is 0. The summed E-state index contributed by atoms with van der Waals surface area (Å²) in [5, 5.41) is 0. The van der Waals surface area contributed by atoms with Gasteiger partial charge in [0.25, 0.3) is 0 Å².